The van der Waals surface area contributed by atoms with Crippen LogP contribution in [0.25, 0.3) is 0 Å². The van der Waals surface area contributed by atoms with Crippen molar-refractivity contribution >= 4 is 11.8 Å². The van der Waals surface area contributed by atoms with Crippen LogP contribution in [0.5, 0.6) is 0 Å². The molecule has 1 aliphatic heterocycles. The second-order valence-corrected chi connectivity index (χ2v) is 6.83. The van der Waals surface area contributed by atoms with Crippen LogP contribution in [-0.4, -0.2) is 36.0 Å². The molecule has 1 N–H and O–H groups in total. The van der Waals surface area contributed by atoms with Crippen molar-refractivity contribution in [3.63, 3.8) is 0 Å². The standard InChI is InChI=1S/C22H26N2O3/c1-17(25)24(16-18-9-4-2-5-10-18)21(19-11-6-3-7-12-19)22(26)23-15-20-13-8-14-27-20/h2-7,9-12,20-21H,8,13-16H2,1H3,(H,23,26). The van der Waals surface area contributed by atoms with E-state index in [9.17, 15) is 9.59 Å². The largest absolute Gasteiger partial charge is 0.376 e. The second-order valence-electron chi connectivity index (χ2n) is 6.83. The van der Waals surface area contributed by atoms with Crippen molar-refractivity contribution in [3.05, 3.63) is 71.8 Å². The van der Waals surface area contributed by atoms with Crippen molar-refractivity contribution in [1.29, 1.82) is 0 Å². The number of amides is 2. The Morgan fingerprint density at radius 1 is 1.11 bits per heavy atom. The van der Waals surface area contributed by atoms with Gasteiger partial charge in [-0.1, -0.05) is 60.7 Å². The normalized spacial score (nSPS) is 17.3. The Balaban J connectivity index is 1.82. The zero-order chi connectivity index (χ0) is 19.1. The lowest BCUT2D eigenvalue weighted by Gasteiger charge is -2.31. The summed E-state index contributed by atoms with van der Waals surface area (Å²) in [5.41, 5.74) is 1.79. The summed E-state index contributed by atoms with van der Waals surface area (Å²) in [6, 6.07) is 18.5. The first-order valence-electron chi connectivity index (χ1n) is 9.40. The Kier molecular flexibility index (Phi) is 6.60. The lowest BCUT2D eigenvalue weighted by atomic mass is 10.0. The van der Waals surface area contributed by atoms with Crippen molar-refractivity contribution in [2.45, 2.75) is 38.5 Å². The smallest absolute Gasteiger partial charge is 0.247 e. The first-order chi connectivity index (χ1) is 13.1. The molecule has 1 heterocycles. The minimum absolute atomic E-state index is 0.0604. The van der Waals surface area contributed by atoms with E-state index in [1.165, 1.54) is 6.92 Å². The molecule has 2 atom stereocenters. The van der Waals surface area contributed by atoms with Gasteiger partial charge in [-0.2, -0.15) is 0 Å². The summed E-state index contributed by atoms with van der Waals surface area (Å²) < 4.78 is 5.60. The van der Waals surface area contributed by atoms with Gasteiger partial charge in [0.15, 0.2) is 0 Å². The Morgan fingerprint density at radius 2 is 1.78 bits per heavy atom. The number of hydrogen-bond acceptors (Lipinski definition) is 3. The molecule has 2 aromatic carbocycles. The van der Waals surface area contributed by atoms with Gasteiger partial charge >= 0.3 is 0 Å². The molecule has 27 heavy (non-hydrogen) atoms. The Hall–Kier alpha value is -2.66. The van der Waals surface area contributed by atoms with Gasteiger partial charge in [-0.15, -0.1) is 0 Å². The van der Waals surface area contributed by atoms with Crippen LogP contribution in [0.1, 0.15) is 36.9 Å². The zero-order valence-electron chi connectivity index (χ0n) is 15.6. The third-order valence-corrected chi connectivity index (χ3v) is 4.80. The van der Waals surface area contributed by atoms with Crippen LogP contribution in [0, 0.1) is 0 Å². The van der Waals surface area contributed by atoms with E-state index >= 15 is 0 Å². The summed E-state index contributed by atoms with van der Waals surface area (Å²) in [6.45, 7) is 3.10. The van der Waals surface area contributed by atoms with E-state index in [-0.39, 0.29) is 17.9 Å². The fourth-order valence-corrected chi connectivity index (χ4v) is 3.39. The molecule has 5 nitrogen and oxygen atoms in total. The summed E-state index contributed by atoms with van der Waals surface area (Å²) in [4.78, 5) is 27.1. The highest BCUT2D eigenvalue weighted by atomic mass is 16.5. The first kappa shape index (κ1) is 19.1. The van der Waals surface area contributed by atoms with Gasteiger partial charge in [0.2, 0.25) is 11.8 Å². The number of rotatable bonds is 7. The molecular weight excluding hydrogens is 340 g/mol. The number of benzene rings is 2. The predicted molar refractivity (Wildman–Crippen MR) is 104 cm³/mol. The van der Waals surface area contributed by atoms with Gasteiger partial charge < -0.3 is 15.0 Å². The molecule has 0 radical (unpaired) electrons. The number of carbonyl (C=O) groups is 2. The van der Waals surface area contributed by atoms with E-state index in [1.807, 2.05) is 60.7 Å². The minimum Gasteiger partial charge on any atom is -0.376 e. The maximum atomic E-state index is 13.1. The lowest BCUT2D eigenvalue weighted by molar-refractivity contribution is -0.140. The van der Waals surface area contributed by atoms with Crippen LogP contribution >= 0.6 is 0 Å². The summed E-state index contributed by atoms with van der Waals surface area (Å²) in [7, 11) is 0. The van der Waals surface area contributed by atoms with Crippen LogP contribution < -0.4 is 5.32 Å². The van der Waals surface area contributed by atoms with E-state index in [1.54, 1.807) is 4.90 Å². The Labute approximate surface area is 160 Å². The molecule has 0 aliphatic carbocycles. The van der Waals surface area contributed by atoms with Gasteiger partial charge in [0.05, 0.1) is 6.10 Å². The van der Waals surface area contributed by atoms with Gasteiger partial charge in [0, 0.05) is 26.6 Å². The van der Waals surface area contributed by atoms with E-state index in [0.717, 1.165) is 30.6 Å². The summed E-state index contributed by atoms with van der Waals surface area (Å²) in [5, 5.41) is 2.99. The van der Waals surface area contributed by atoms with Crippen molar-refractivity contribution in [2.75, 3.05) is 13.2 Å². The molecule has 1 aliphatic rings. The molecule has 142 valence electrons. The molecule has 5 heteroatoms. The van der Waals surface area contributed by atoms with Crippen LogP contribution in [0.15, 0.2) is 60.7 Å². The highest BCUT2D eigenvalue weighted by Gasteiger charge is 2.30. The average Bonchev–Trinajstić information content (AvgIpc) is 3.21. The second kappa shape index (κ2) is 9.33. The first-order valence-corrected chi connectivity index (χ1v) is 9.40. The van der Waals surface area contributed by atoms with Gasteiger partial charge in [-0.25, -0.2) is 0 Å². The van der Waals surface area contributed by atoms with Crippen molar-refractivity contribution in [3.8, 4) is 0 Å². The van der Waals surface area contributed by atoms with E-state index < -0.39 is 6.04 Å². The molecule has 1 fully saturated rings. The SMILES string of the molecule is CC(=O)N(Cc1ccccc1)C(C(=O)NCC1CCCO1)c1ccccc1. The number of nitrogens with zero attached hydrogens (tertiary/aromatic N) is 1. The third kappa shape index (κ3) is 5.17. The Bertz CT molecular complexity index is 743. The molecule has 3 rings (SSSR count). The number of nitrogens with one attached hydrogen (secondary N) is 1. The van der Waals surface area contributed by atoms with E-state index in [2.05, 4.69) is 5.32 Å². The topological polar surface area (TPSA) is 58.6 Å². The van der Waals surface area contributed by atoms with E-state index in [4.69, 9.17) is 4.74 Å². The maximum Gasteiger partial charge on any atom is 0.247 e. The molecule has 2 unspecified atom stereocenters. The summed E-state index contributed by atoms with van der Waals surface area (Å²) in [5.74, 6) is -0.317. The molecule has 0 bridgehead atoms. The molecule has 0 saturated carbocycles. The number of hydrogen-bond donors (Lipinski definition) is 1. The summed E-state index contributed by atoms with van der Waals surface area (Å²) >= 11 is 0. The van der Waals surface area contributed by atoms with Crippen molar-refractivity contribution in [1.82, 2.24) is 10.2 Å². The Morgan fingerprint density at radius 3 is 2.37 bits per heavy atom. The van der Waals surface area contributed by atoms with Crippen molar-refractivity contribution in [2.24, 2.45) is 0 Å². The van der Waals surface area contributed by atoms with Crippen LogP contribution in [0.3, 0.4) is 0 Å². The third-order valence-electron chi connectivity index (χ3n) is 4.80. The van der Waals surface area contributed by atoms with Gasteiger partial charge in [0.25, 0.3) is 0 Å². The zero-order valence-corrected chi connectivity index (χ0v) is 15.6. The quantitative estimate of drug-likeness (QED) is 0.819. The monoisotopic (exact) mass is 366 g/mol. The average molecular weight is 366 g/mol. The fourth-order valence-electron chi connectivity index (χ4n) is 3.39. The molecule has 0 spiro atoms. The number of carbonyl (C=O) groups excluding carboxylic acids is 2. The highest BCUT2D eigenvalue weighted by Crippen LogP contribution is 2.24. The van der Waals surface area contributed by atoms with Gasteiger partial charge in [-0.3, -0.25) is 9.59 Å². The molecule has 0 aromatic heterocycles. The maximum absolute atomic E-state index is 13.1. The van der Waals surface area contributed by atoms with Crippen molar-refractivity contribution < 1.29 is 14.3 Å². The number of ether oxygens (including phenoxy) is 1. The van der Waals surface area contributed by atoms with E-state index in [0.29, 0.717) is 13.1 Å². The van der Waals surface area contributed by atoms with Crippen LogP contribution in [0.2, 0.25) is 0 Å². The van der Waals surface area contributed by atoms with Gasteiger partial charge in [-0.05, 0) is 24.0 Å². The summed E-state index contributed by atoms with van der Waals surface area (Å²) in [6.07, 6.45) is 2.04. The fraction of sp³-hybridized carbons (Fsp3) is 0.364. The highest BCUT2D eigenvalue weighted by molar-refractivity contribution is 5.88. The molecule has 2 amide bonds. The lowest BCUT2D eigenvalue weighted by Crippen LogP contribution is -2.44. The predicted octanol–water partition coefficient (Wildman–Crippen LogP) is 3.07. The molecular formula is C22H26N2O3. The van der Waals surface area contributed by atoms with Crippen LogP contribution in [0.4, 0.5) is 0 Å². The van der Waals surface area contributed by atoms with Crippen LogP contribution in [-0.2, 0) is 20.9 Å². The minimum atomic E-state index is -0.676. The molecule has 1 saturated heterocycles. The molecule has 2 aromatic rings. The van der Waals surface area contributed by atoms with Gasteiger partial charge in [0.1, 0.15) is 6.04 Å².